The van der Waals surface area contributed by atoms with E-state index in [-0.39, 0.29) is 12.4 Å². The second-order valence-electron chi connectivity index (χ2n) is 6.37. The number of rotatable bonds is 12. The summed E-state index contributed by atoms with van der Waals surface area (Å²) in [5.74, 6) is 1.74. The number of benzene rings is 2. The molecule has 2 aromatic rings. The lowest BCUT2D eigenvalue weighted by molar-refractivity contribution is -0.654. The Kier molecular flexibility index (Phi) is 11.5. The van der Waals surface area contributed by atoms with Gasteiger partial charge < -0.3 is 41.4 Å². The lowest BCUT2D eigenvalue weighted by Crippen LogP contribution is -3.00. The van der Waals surface area contributed by atoms with E-state index in [2.05, 4.69) is 17.4 Å². The molecule has 0 saturated heterocycles. The summed E-state index contributed by atoms with van der Waals surface area (Å²) in [7, 11) is 6.20. The van der Waals surface area contributed by atoms with Crippen molar-refractivity contribution in [1.29, 1.82) is 0 Å². The fourth-order valence-electron chi connectivity index (χ4n) is 2.88. The molecule has 2 aromatic carbocycles. The van der Waals surface area contributed by atoms with Gasteiger partial charge in [0.2, 0.25) is 5.75 Å². The standard InChI is InChI=1S/C22H29NO6.ClH/c1-25-18-8-6-16(7-9-18)10-12-23-11-5-13-29-22(24)17-14-19(26-2)21(28-4)20(15-17)27-3;/h6-9,14-15,23H,5,10-13H2,1-4H3;1H. The van der Waals surface area contributed by atoms with Crippen LogP contribution in [-0.2, 0) is 11.2 Å². The van der Waals surface area contributed by atoms with E-state index in [9.17, 15) is 4.79 Å². The van der Waals surface area contributed by atoms with Gasteiger partial charge >= 0.3 is 5.97 Å². The first-order chi connectivity index (χ1) is 14.1. The van der Waals surface area contributed by atoms with Gasteiger partial charge in [0, 0.05) is 12.8 Å². The highest BCUT2D eigenvalue weighted by Crippen LogP contribution is 2.38. The Balaban J connectivity index is 0.00000450. The molecule has 0 heterocycles. The molecule has 0 aliphatic heterocycles. The number of carbonyl (C=O) groups excluding carboxylic acids is 1. The zero-order chi connectivity index (χ0) is 21.1. The Morgan fingerprint density at radius 1 is 0.867 bits per heavy atom. The quantitative estimate of drug-likeness (QED) is 0.340. The Morgan fingerprint density at radius 2 is 1.50 bits per heavy atom. The van der Waals surface area contributed by atoms with E-state index in [1.807, 2.05) is 12.1 Å². The molecule has 0 spiro atoms. The number of hydrogen-bond acceptors (Lipinski definition) is 6. The van der Waals surface area contributed by atoms with Crippen molar-refractivity contribution in [2.75, 3.05) is 48.1 Å². The van der Waals surface area contributed by atoms with Crippen LogP contribution in [0.3, 0.4) is 0 Å². The summed E-state index contributed by atoms with van der Waals surface area (Å²) in [6.45, 7) is 2.22. The van der Waals surface area contributed by atoms with E-state index in [1.165, 1.54) is 26.9 Å². The molecule has 0 aliphatic carbocycles. The summed E-state index contributed by atoms with van der Waals surface area (Å²) in [5, 5.41) is 2.22. The monoisotopic (exact) mass is 439 g/mol. The van der Waals surface area contributed by atoms with Gasteiger partial charge in [-0.05, 0) is 29.8 Å². The highest BCUT2D eigenvalue weighted by molar-refractivity contribution is 5.91. The molecule has 0 aromatic heterocycles. The molecule has 7 nitrogen and oxygen atoms in total. The van der Waals surface area contributed by atoms with E-state index in [0.29, 0.717) is 29.4 Å². The maximum absolute atomic E-state index is 12.3. The predicted molar refractivity (Wildman–Crippen MR) is 109 cm³/mol. The third-order valence-electron chi connectivity index (χ3n) is 4.48. The van der Waals surface area contributed by atoms with E-state index >= 15 is 0 Å². The van der Waals surface area contributed by atoms with Crippen LogP contribution in [0, 0.1) is 0 Å². The van der Waals surface area contributed by atoms with Gasteiger partial charge in [0.1, 0.15) is 5.75 Å². The summed E-state index contributed by atoms with van der Waals surface area (Å²) in [5.41, 5.74) is 1.64. The summed E-state index contributed by atoms with van der Waals surface area (Å²) in [6, 6.07) is 11.3. The Labute approximate surface area is 184 Å². The minimum absolute atomic E-state index is 0. The van der Waals surface area contributed by atoms with Crippen molar-refractivity contribution in [3.05, 3.63) is 47.5 Å². The number of halogens is 1. The lowest BCUT2D eigenvalue weighted by Gasteiger charge is -2.13. The fourth-order valence-corrected chi connectivity index (χ4v) is 2.88. The van der Waals surface area contributed by atoms with Crippen LogP contribution in [0.1, 0.15) is 22.3 Å². The molecule has 0 amide bonds. The van der Waals surface area contributed by atoms with Crippen LogP contribution < -0.4 is 36.7 Å². The normalized spacial score (nSPS) is 10.0. The average Bonchev–Trinajstić information content (AvgIpc) is 2.77. The number of esters is 1. The molecule has 0 bridgehead atoms. The van der Waals surface area contributed by atoms with Gasteiger partial charge in [-0.3, -0.25) is 0 Å². The molecule has 0 atom stereocenters. The Morgan fingerprint density at radius 3 is 2.03 bits per heavy atom. The summed E-state index contributed by atoms with van der Waals surface area (Å²) in [4.78, 5) is 12.3. The first-order valence-corrected chi connectivity index (χ1v) is 9.54. The van der Waals surface area contributed by atoms with Crippen molar-refractivity contribution in [2.24, 2.45) is 0 Å². The second-order valence-corrected chi connectivity index (χ2v) is 6.37. The highest BCUT2D eigenvalue weighted by atomic mass is 35.5. The van der Waals surface area contributed by atoms with Crippen molar-refractivity contribution in [2.45, 2.75) is 12.8 Å². The van der Waals surface area contributed by atoms with Crippen LogP contribution in [0.15, 0.2) is 36.4 Å². The van der Waals surface area contributed by atoms with Gasteiger partial charge in [-0.15, -0.1) is 0 Å². The smallest absolute Gasteiger partial charge is 0.338 e. The third kappa shape index (κ3) is 7.31. The van der Waals surface area contributed by atoms with Crippen LogP contribution in [0.4, 0.5) is 0 Å². The second kappa shape index (κ2) is 13.6. The lowest BCUT2D eigenvalue weighted by atomic mass is 10.1. The average molecular weight is 440 g/mol. The number of nitrogens with two attached hydrogens (primary N) is 1. The topological polar surface area (TPSA) is 79.8 Å². The van der Waals surface area contributed by atoms with Crippen LogP contribution in [-0.4, -0.2) is 54.1 Å². The molecular weight excluding hydrogens is 410 g/mol. The van der Waals surface area contributed by atoms with Crippen LogP contribution in [0.2, 0.25) is 0 Å². The molecule has 0 saturated carbocycles. The molecule has 2 rings (SSSR count). The predicted octanol–water partition coefficient (Wildman–Crippen LogP) is -0.922. The molecule has 0 fully saturated rings. The minimum atomic E-state index is -0.414. The van der Waals surface area contributed by atoms with E-state index in [1.54, 1.807) is 19.2 Å². The maximum Gasteiger partial charge on any atom is 0.338 e. The third-order valence-corrected chi connectivity index (χ3v) is 4.48. The molecule has 0 unspecified atom stereocenters. The van der Waals surface area contributed by atoms with Crippen molar-refractivity contribution >= 4 is 5.97 Å². The minimum Gasteiger partial charge on any atom is -1.00 e. The summed E-state index contributed by atoms with van der Waals surface area (Å²) >= 11 is 0. The Hall–Kier alpha value is -2.64. The van der Waals surface area contributed by atoms with Crippen LogP contribution >= 0.6 is 0 Å². The van der Waals surface area contributed by atoms with Gasteiger partial charge in [-0.25, -0.2) is 4.79 Å². The van der Waals surface area contributed by atoms with Crippen molar-refractivity contribution in [3.8, 4) is 23.0 Å². The van der Waals surface area contributed by atoms with Gasteiger partial charge in [0.05, 0.1) is 53.7 Å². The highest BCUT2D eigenvalue weighted by Gasteiger charge is 2.17. The van der Waals surface area contributed by atoms with Gasteiger partial charge in [0.15, 0.2) is 11.5 Å². The van der Waals surface area contributed by atoms with E-state index in [0.717, 1.165) is 31.7 Å². The van der Waals surface area contributed by atoms with Crippen molar-refractivity contribution < 1.29 is 46.2 Å². The molecule has 30 heavy (non-hydrogen) atoms. The number of hydrogen-bond donors (Lipinski definition) is 1. The number of methoxy groups -OCH3 is 4. The number of ether oxygens (including phenoxy) is 5. The van der Waals surface area contributed by atoms with Gasteiger partial charge in [0.25, 0.3) is 0 Å². The first-order valence-electron chi connectivity index (χ1n) is 9.54. The van der Waals surface area contributed by atoms with Crippen molar-refractivity contribution in [1.82, 2.24) is 0 Å². The SMILES string of the molecule is COc1ccc(CC[NH2+]CCCOC(=O)c2cc(OC)c(OC)c(OC)c2)cc1.[Cl-]. The zero-order valence-electron chi connectivity index (χ0n) is 17.9. The fraction of sp³-hybridized carbons (Fsp3) is 0.409. The number of carbonyl (C=O) groups is 1. The molecule has 0 aliphatic rings. The molecule has 8 heteroatoms. The van der Waals surface area contributed by atoms with Crippen molar-refractivity contribution in [3.63, 3.8) is 0 Å². The molecular formula is C22H30ClNO6. The summed E-state index contributed by atoms with van der Waals surface area (Å²) in [6.07, 6.45) is 1.76. The van der Waals surface area contributed by atoms with Crippen LogP contribution in [0.5, 0.6) is 23.0 Å². The summed E-state index contributed by atoms with van der Waals surface area (Å²) < 4.78 is 26.3. The first kappa shape index (κ1) is 25.4. The molecule has 0 radical (unpaired) electrons. The van der Waals surface area contributed by atoms with E-state index in [4.69, 9.17) is 23.7 Å². The Bertz CT molecular complexity index is 757. The van der Waals surface area contributed by atoms with Gasteiger partial charge in [-0.2, -0.15) is 0 Å². The van der Waals surface area contributed by atoms with Gasteiger partial charge in [-0.1, -0.05) is 12.1 Å². The number of quaternary nitrogens is 1. The van der Waals surface area contributed by atoms with E-state index < -0.39 is 5.97 Å². The molecule has 2 N–H and O–H groups in total. The largest absolute Gasteiger partial charge is 1.00 e. The zero-order valence-corrected chi connectivity index (χ0v) is 18.7. The van der Waals surface area contributed by atoms with Crippen LogP contribution in [0.25, 0.3) is 0 Å². The molecule has 166 valence electrons. The maximum atomic E-state index is 12.3.